The van der Waals surface area contributed by atoms with E-state index in [1.807, 2.05) is 56.3 Å². The van der Waals surface area contributed by atoms with E-state index in [-0.39, 0.29) is 5.91 Å². The molecule has 0 aliphatic rings. The molecule has 3 rings (SSSR count). The van der Waals surface area contributed by atoms with Crippen LogP contribution in [0.3, 0.4) is 0 Å². The molecular formula is C22H24N2O2. The lowest BCUT2D eigenvalue weighted by Gasteiger charge is -2.20. The molecule has 3 aromatic rings. The van der Waals surface area contributed by atoms with Gasteiger partial charge in [0.25, 0.3) is 0 Å². The molecule has 26 heavy (non-hydrogen) atoms. The lowest BCUT2D eigenvalue weighted by atomic mass is 10.2. The number of fused-ring (bicyclic) bond motifs is 1. The van der Waals surface area contributed by atoms with Gasteiger partial charge in [-0.3, -0.25) is 4.79 Å². The molecule has 0 N–H and O–H groups in total. The van der Waals surface area contributed by atoms with Gasteiger partial charge in [-0.1, -0.05) is 30.3 Å². The summed E-state index contributed by atoms with van der Waals surface area (Å²) in [5, 5.41) is 1.04. The van der Waals surface area contributed by atoms with Crippen molar-refractivity contribution in [3.8, 4) is 0 Å². The zero-order chi connectivity index (χ0) is 18.5. The van der Waals surface area contributed by atoms with Crippen LogP contribution in [0.5, 0.6) is 0 Å². The maximum absolute atomic E-state index is 12.5. The highest BCUT2D eigenvalue weighted by Gasteiger charge is 2.10. The Morgan fingerprint density at radius 3 is 2.46 bits per heavy atom. The highest BCUT2D eigenvalue weighted by molar-refractivity contribution is 5.92. The molecule has 0 spiro atoms. The molecule has 1 aromatic heterocycles. The van der Waals surface area contributed by atoms with Crippen molar-refractivity contribution in [1.82, 2.24) is 4.90 Å². The third-order valence-corrected chi connectivity index (χ3v) is 4.35. The summed E-state index contributed by atoms with van der Waals surface area (Å²) in [4.78, 5) is 16.4. The number of para-hydroxylation sites is 1. The number of benzene rings is 2. The highest BCUT2D eigenvalue weighted by atomic mass is 16.3. The summed E-state index contributed by atoms with van der Waals surface area (Å²) in [5.41, 5.74) is 3.09. The van der Waals surface area contributed by atoms with Gasteiger partial charge in [0.2, 0.25) is 5.91 Å². The van der Waals surface area contributed by atoms with Gasteiger partial charge in [0, 0.05) is 44.3 Å². The molecule has 0 aliphatic heterocycles. The lowest BCUT2D eigenvalue weighted by molar-refractivity contribution is -0.126. The minimum atomic E-state index is -0.0235. The van der Waals surface area contributed by atoms with Gasteiger partial charge in [0.15, 0.2) is 0 Å². The highest BCUT2D eigenvalue weighted by Crippen LogP contribution is 2.20. The maximum atomic E-state index is 12.5. The smallest absolute Gasteiger partial charge is 0.246 e. The van der Waals surface area contributed by atoms with Crippen LogP contribution in [0.25, 0.3) is 17.0 Å². The molecule has 0 saturated carbocycles. The zero-order valence-corrected chi connectivity index (χ0v) is 15.5. The van der Waals surface area contributed by atoms with Gasteiger partial charge < -0.3 is 14.2 Å². The van der Waals surface area contributed by atoms with Crippen molar-refractivity contribution in [3.05, 3.63) is 72.0 Å². The first-order chi connectivity index (χ1) is 12.6. The number of carbonyl (C=O) groups excluding carboxylic acids is 1. The summed E-state index contributed by atoms with van der Waals surface area (Å²) in [7, 11) is 4.03. The lowest BCUT2D eigenvalue weighted by Crippen LogP contribution is -2.28. The zero-order valence-electron chi connectivity index (χ0n) is 15.5. The standard InChI is InChI=1S/C22H24N2O2/c1-4-24(16-17-9-11-19(12-10-17)23(2)3)22(25)14-13-20-15-18-7-5-6-8-21(18)26-20/h5-15H,4,16H2,1-3H3/b14-13+. The van der Waals surface area contributed by atoms with Crippen LogP contribution < -0.4 is 4.90 Å². The van der Waals surface area contributed by atoms with Crippen LogP contribution in [0.2, 0.25) is 0 Å². The first-order valence-corrected chi connectivity index (χ1v) is 8.78. The Hall–Kier alpha value is -3.01. The molecule has 0 radical (unpaired) electrons. The van der Waals surface area contributed by atoms with E-state index in [2.05, 4.69) is 29.2 Å². The molecule has 0 aliphatic carbocycles. The van der Waals surface area contributed by atoms with Crippen LogP contribution in [-0.4, -0.2) is 31.4 Å². The molecule has 1 heterocycles. The van der Waals surface area contributed by atoms with E-state index in [1.165, 1.54) is 0 Å². The van der Waals surface area contributed by atoms with Crippen molar-refractivity contribution in [2.24, 2.45) is 0 Å². The second-order valence-electron chi connectivity index (χ2n) is 6.43. The van der Waals surface area contributed by atoms with Crippen molar-refractivity contribution in [1.29, 1.82) is 0 Å². The van der Waals surface area contributed by atoms with E-state index in [0.29, 0.717) is 18.8 Å². The fourth-order valence-corrected chi connectivity index (χ4v) is 2.81. The molecule has 134 valence electrons. The van der Waals surface area contributed by atoms with E-state index in [4.69, 9.17) is 4.42 Å². The fourth-order valence-electron chi connectivity index (χ4n) is 2.81. The molecule has 4 nitrogen and oxygen atoms in total. The molecule has 0 unspecified atom stereocenters. The summed E-state index contributed by atoms with van der Waals surface area (Å²) < 4.78 is 5.72. The Kier molecular flexibility index (Phi) is 5.42. The number of furan rings is 1. The summed E-state index contributed by atoms with van der Waals surface area (Å²) in [6.07, 6.45) is 3.32. The fraction of sp³-hybridized carbons (Fsp3) is 0.227. The predicted octanol–water partition coefficient (Wildman–Crippen LogP) is 4.56. The largest absolute Gasteiger partial charge is 0.457 e. The molecular weight excluding hydrogens is 324 g/mol. The van der Waals surface area contributed by atoms with E-state index >= 15 is 0 Å². The quantitative estimate of drug-likeness (QED) is 0.613. The van der Waals surface area contributed by atoms with Gasteiger partial charge in [0.1, 0.15) is 11.3 Å². The molecule has 2 aromatic carbocycles. The molecule has 0 atom stereocenters. The Balaban J connectivity index is 1.67. The molecule has 0 saturated heterocycles. The number of amides is 1. The first kappa shape index (κ1) is 17.8. The molecule has 1 amide bonds. The minimum Gasteiger partial charge on any atom is -0.457 e. The SMILES string of the molecule is CCN(Cc1ccc(N(C)C)cc1)C(=O)/C=C/c1cc2ccccc2o1. The molecule has 0 fully saturated rings. The Labute approximate surface area is 154 Å². The summed E-state index contributed by atoms with van der Waals surface area (Å²) >= 11 is 0. The third-order valence-electron chi connectivity index (χ3n) is 4.35. The van der Waals surface area contributed by atoms with Crippen molar-refractivity contribution < 1.29 is 9.21 Å². The van der Waals surface area contributed by atoms with Crippen LogP contribution in [0, 0.1) is 0 Å². The van der Waals surface area contributed by atoms with Crippen LogP contribution in [0.4, 0.5) is 5.69 Å². The number of hydrogen-bond acceptors (Lipinski definition) is 3. The van der Waals surface area contributed by atoms with Gasteiger partial charge in [0.05, 0.1) is 0 Å². The van der Waals surface area contributed by atoms with E-state index in [0.717, 1.165) is 22.2 Å². The van der Waals surface area contributed by atoms with Gasteiger partial charge >= 0.3 is 0 Å². The van der Waals surface area contributed by atoms with Crippen LogP contribution in [0.1, 0.15) is 18.2 Å². The van der Waals surface area contributed by atoms with E-state index in [1.54, 1.807) is 12.2 Å². The van der Waals surface area contributed by atoms with Crippen LogP contribution >= 0.6 is 0 Å². The molecule has 0 bridgehead atoms. The van der Waals surface area contributed by atoms with Gasteiger partial charge in [-0.05, 0) is 42.8 Å². The normalized spacial score (nSPS) is 11.2. The topological polar surface area (TPSA) is 36.7 Å². The number of rotatable bonds is 6. The van der Waals surface area contributed by atoms with Gasteiger partial charge in [-0.25, -0.2) is 0 Å². The number of anilines is 1. The predicted molar refractivity (Wildman–Crippen MR) is 107 cm³/mol. The minimum absolute atomic E-state index is 0.0235. The Morgan fingerprint density at radius 2 is 1.81 bits per heavy atom. The van der Waals surface area contributed by atoms with Crippen LogP contribution in [-0.2, 0) is 11.3 Å². The van der Waals surface area contributed by atoms with Crippen LogP contribution in [0.15, 0.2) is 65.1 Å². The monoisotopic (exact) mass is 348 g/mol. The maximum Gasteiger partial charge on any atom is 0.246 e. The van der Waals surface area contributed by atoms with Gasteiger partial charge in [-0.2, -0.15) is 0 Å². The van der Waals surface area contributed by atoms with Crippen molar-refractivity contribution in [2.75, 3.05) is 25.5 Å². The molecule has 4 heteroatoms. The van der Waals surface area contributed by atoms with E-state index < -0.39 is 0 Å². The summed E-state index contributed by atoms with van der Waals surface area (Å²) in [5.74, 6) is 0.663. The van der Waals surface area contributed by atoms with E-state index in [9.17, 15) is 4.79 Å². The Bertz CT molecular complexity index is 874. The number of hydrogen-bond donors (Lipinski definition) is 0. The van der Waals surface area contributed by atoms with Crippen molar-refractivity contribution in [2.45, 2.75) is 13.5 Å². The number of nitrogens with zero attached hydrogens (tertiary/aromatic N) is 2. The average molecular weight is 348 g/mol. The number of likely N-dealkylation sites (N-methyl/N-ethyl adjacent to an activating group) is 1. The number of carbonyl (C=O) groups is 1. The summed E-state index contributed by atoms with van der Waals surface area (Å²) in [6.45, 7) is 3.23. The van der Waals surface area contributed by atoms with Crippen molar-refractivity contribution >= 4 is 28.6 Å². The second-order valence-corrected chi connectivity index (χ2v) is 6.43. The third kappa shape index (κ3) is 4.14. The van der Waals surface area contributed by atoms with Crippen molar-refractivity contribution in [3.63, 3.8) is 0 Å². The average Bonchev–Trinajstić information content (AvgIpc) is 3.07. The van der Waals surface area contributed by atoms with Gasteiger partial charge in [-0.15, -0.1) is 0 Å². The Morgan fingerprint density at radius 1 is 1.08 bits per heavy atom. The summed E-state index contributed by atoms with van der Waals surface area (Å²) in [6, 6.07) is 18.0. The first-order valence-electron chi connectivity index (χ1n) is 8.78. The second kappa shape index (κ2) is 7.91.